The first kappa shape index (κ1) is 14.4. The Bertz CT molecular complexity index is 551. The first-order chi connectivity index (χ1) is 8.41. The molecule has 0 saturated heterocycles. The maximum Gasteiger partial charge on any atom is 0.252 e. The molecule has 8 heteroatoms. The van der Waals surface area contributed by atoms with Gasteiger partial charge in [-0.15, -0.1) is 11.3 Å². The number of rotatable bonds is 6. The van der Waals surface area contributed by atoms with Gasteiger partial charge in [-0.2, -0.15) is 4.31 Å². The lowest BCUT2D eigenvalue weighted by Gasteiger charge is -2.20. The molecule has 0 aliphatic heterocycles. The van der Waals surface area contributed by atoms with E-state index in [1.54, 1.807) is 12.1 Å². The summed E-state index contributed by atoms with van der Waals surface area (Å²) in [4.78, 5) is 0.350. The Kier molecular flexibility index (Phi) is 4.43. The normalized spacial score (nSPS) is 16.1. The van der Waals surface area contributed by atoms with Gasteiger partial charge in [0.25, 0.3) is 10.0 Å². The highest BCUT2D eigenvalue weighted by atomic mass is 79.9. The largest absolute Gasteiger partial charge is 0.393 e. The van der Waals surface area contributed by atoms with Crippen LogP contribution < -0.4 is 5.73 Å². The van der Waals surface area contributed by atoms with E-state index in [0.29, 0.717) is 22.2 Å². The Hall–Kier alpha value is -0.0200. The molecule has 0 atom stereocenters. The Labute approximate surface area is 124 Å². The molecule has 2 N–H and O–H groups in total. The summed E-state index contributed by atoms with van der Waals surface area (Å²) in [6.07, 6.45) is 2.27. The number of sulfonamides is 1. The van der Waals surface area contributed by atoms with E-state index in [-0.39, 0.29) is 6.04 Å². The smallest absolute Gasteiger partial charge is 0.252 e. The lowest BCUT2D eigenvalue weighted by molar-refractivity contribution is 0.414. The van der Waals surface area contributed by atoms with Gasteiger partial charge in [0.05, 0.1) is 8.77 Å². The van der Waals surface area contributed by atoms with E-state index < -0.39 is 10.0 Å². The van der Waals surface area contributed by atoms with Gasteiger partial charge in [0.1, 0.15) is 4.21 Å². The second kappa shape index (κ2) is 5.54. The van der Waals surface area contributed by atoms with Crippen molar-refractivity contribution in [3.63, 3.8) is 0 Å². The molecule has 0 amide bonds. The SMILES string of the molecule is NC(=S)CCN(C1CC1)S(=O)(=O)c1ccc(Br)s1. The molecule has 18 heavy (non-hydrogen) atoms. The monoisotopic (exact) mass is 368 g/mol. The van der Waals surface area contributed by atoms with Crippen LogP contribution in [0.5, 0.6) is 0 Å². The van der Waals surface area contributed by atoms with Crippen LogP contribution in [0.25, 0.3) is 0 Å². The van der Waals surface area contributed by atoms with Gasteiger partial charge < -0.3 is 5.73 Å². The predicted molar refractivity (Wildman–Crippen MR) is 80.3 cm³/mol. The van der Waals surface area contributed by atoms with Gasteiger partial charge in [-0.25, -0.2) is 8.42 Å². The van der Waals surface area contributed by atoms with Crippen LogP contribution in [0.4, 0.5) is 0 Å². The summed E-state index contributed by atoms with van der Waals surface area (Å²) in [5.41, 5.74) is 5.45. The topological polar surface area (TPSA) is 63.4 Å². The van der Waals surface area contributed by atoms with Crippen molar-refractivity contribution in [2.75, 3.05) is 6.54 Å². The second-order valence-corrected chi connectivity index (χ2v) is 9.23. The Balaban J connectivity index is 2.21. The Morgan fingerprint density at radius 3 is 2.67 bits per heavy atom. The molecule has 1 heterocycles. The van der Waals surface area contributed by atoms with Crippen molar-refractivity contribution in [2.45, 2.75) is 29.5 Å². The highest BCUT2D eigenvalue weighted by molar-refractivity contribution is 9.11. The van der Waals surface area contributed by atoms with Gasteiger partial charge >= 0.3 is 0 Å². The molecule has 1 aliphatic carbocycles. The maximum atomic E-state index is 12.5. The van der Waals surface area contributed by atoms with Crippen LogP contribution in [0.15, 0.2) is 20.1 Å². The summed E-state index contributed by atoms with van der Waals surface area (Å²) in [5, 5.41) is 0. The average Bonchev–Trinajstić information content (AvgIpc) is 2.99. The lowest BCUT2D eigenvalue weighted by atomic mass is 10.4. The highest BCUT2D eigenvalue weighted by Gasteiger charge is 2.38. The van der Waals surface area contributed by atoms with Crippen LogP contribution in [-0.4, -0.2) is 30.3 Å². The molecule has 2 rings (SSSR count). The van der Waals surface area contributed by atoms with E-state index >= 15 is 0 Å². The third kappa shape index (κ3) is 3.30. The summed E-state index contributed by atoms with van der Waals surface area (Å²) < 4.78 is 27.7. The Morgan fingerprint density at radius 2 is 2.22 bits per heavy atom. The molecular weight excluding hydrogens is 356 g/mol. The standard InChI is InChI=1S/C10H13BrN2O2S3/c11-8-3-4-10(17-8)18(14,15)13(7-1-2-7)6-5-9(12)16/h3-4,7H,1-2,5-6H2,(H2,12,16). The van der Waals surface area contributed by atoms with Crippen molar-refractivity contribution in [3.05, 3.63) is 15.9 Å². The fourth-order valence-electron chi connectivity index (χ4n) is 1.63. The number of thiocarbonyl (C=S) groups is 1. The molecule has 4 nitrogen and oxygen atoms in total. The molecule has 1 aromatic heterocycles. The van der Waals surface area contributed by atoms with Gasteiger partial charge in [0.15, 0.2) is 0 Å². The minimum absolute atomic E-state index is 0.116. The van der Waals surface area contributed by atoms with E-state index in [4.69, 9.17) is 18.0 Å². The van der Waals surface area contributed by atoms with E-state index in [1.165, 1.54) is 15.6 Å². The molecule has 0 radical (unpaired) electrons. The number of hydrogen-bond acceptors (Lipinski definition) is 4. The molecule has 100 valence electrons. The number of halogens is 1. The molecule has 1 saturated carbocycles. The van der Waals surface area contributed by atoms with Gasteiger partial charge in [-0.05, 0) is 40.9 Å². The van der Waals surface area contributed by atoms with Crippen LogP contribution in [0.3, 0.4) is 0 Å². The summed E-state index contributed by atoms with van der Waals surface area (Å²) >= 11 is 9.32. The number of nitrogens with two attached hydrogens (primary N) is 1. The van der Waals surface area contributed by atoms with Crippen LogP contribution in [0.1, 0.15) is 19.3 Å². The quantitative estimate of drug-likeness (QED) is 0.782. The van der Waals surface area contributed by atoms with Crippen molar-refractivity contribution in [1.29, 1.82) is 0 Å². The van der Waals surface area contributed by atoms with Gasteiger partial charge in [-0.3, -0.25) is 0 Å². The fraction of sp³-hybridized carbons (Fsp3) is 0.500. The molecule has 0 spiro atoms. The summed E-state index contributed by atoms with van der Waals surface area (Å²) in [6.45, 7) is 0.373. The van der Waals surface area contributed by atoms with Crippen LogP contribution in [-0.2, 0) is 10.0 Å². The summed E-state index contributed by atoms with van der Waals surface area (Å²) in [5.74, 6) is 0. The molecule has 1 aliphatic rings. The molecule has 1 aromatic rings. The zero-order chi connectivity index (χ0) is 13.3. The summed E-state index contributed by atoms with van der Waals surface area (Å²) in [6, 6.07) is 3.49. The minimum atomic E-state index is -3.41. The van der Waals surface area contributed by atoms with E-state index in [2.05, 4.69) is 15.9 Å². The molecule has 0 aromatic carbocycles. The van der Waals surface area contributed by atoms with Gasteiger partial charge in [0.2, 0.25) is 0 Å². The summed E-state index contributed by atoms with van der Waals surface area (Å²) in [7, 11) is -3.41. The number of nitrogens with zero attached hydrogens (tertiary/aromatic N) is 1. The van der Waals surface area contributed by atoms with Crippen molar-refractivity contribution >= 4 is 54.5 Å². The minimum Gasteiger partial charge on any atom is -0.393 e. The van der Waals surface area contributed by atoms with Crippen LogP contribution >= 0.6 is 39.5 Å². The molecule has 1 fully saturated rings. The van der Waals surface area contributed by atoms with Crippen LogP contribution in [0, 0.1) is 0 Å². The molecule has 0 bridgehead atoms. The first-order valence-corrected chi connectivity index (χ1v) is 8.92. The molecular formula is C10H13BrN2O2S3. The van der Waals surface area contributed by atoms with Crippen molar-refractivity contribution < 1.29 is 8.42 Å². The average molecular weight is 369 g/mol. The van der Waals surface area contributed by atoms with Crippen molar-refractivity contribution in [1.82, 2.24) is 4.31 Å². The van der Waals surface area contributed by atoms with Crippen molar-refractivity contribution in [2.24, 2.45) is 5.73 Å². The van der Waals surface area contributed by atoms with E-state index in [1.807, 2.05) is 0 Å². The zero-order valence-electron chi connectivity index (χ0n) is 9.50. The zero-order valence-corrected chi connectivity index (χ0v) is 13.5. The molecule has 0 unspecified atom stereocenters. The third-order valence-corrected chi connectivity index (χ3v) is 6.89. The fourth-order valence-corrected chi connectivity index (χ4v) is 5.55. The second-order valence-electron chi connectivity index (χ2n) is 4.12. The Morgan fingerprint density at radius 1 is 1.56 bits per heavy atom. The number of thiophene rings is 1. The predicted octanol–water partition coefficient (Wildman–Crippen LogP) is 2.34. The van der Waals surface area contributed by atoms with Gasteiger partial charge in [0, 0.05) is 19.0 Å². The third-order valence-electron chi connectivity index (χ3n) is 2.64. The maximum absolute atomic E-state index is 12.5. The van der Waals surface area contributed by atoms with Gasteiger partial charge in [-0.1, -0.05) is 12.2 Å². The highest BCUT2D eigenvalue weighted by Crippen LogP contribution is 2.35. The van der Waals surface area contributed by atoms with E-state index in [9.17, 15) is 8.42 Å². The van der Waals surface area contributed by atoms with Crippen LogP contribution in [0.2, 0.25) is 0 Å². The number of hydrogen-bond donors (Lipinski definition) is 1. The van der Waals surface area contributed by atoms with Crippen molar-refractivity contribution in [3.8, 4) is 0 Å². The first-order valence-electron chi connectivity index (χ1n) is 5.47. The van der Waals surface area contributed by atoms with E-state index in [0.717, 1.165) is 16.6 Å². The lowest BCUT2D eigenvalue weighted by Crippen LogP contribution is -2.35.